The Bertz CT molecular complexity index is 739. The molecule has 4 heteroatoms. The summed E-state index contributed by atoms with van der Waals surface area (Å²) in [5.41, 5.74) is 3.98. The van der Waals surface area contributed by atoms with Gasteiger partial charge in [0.2, 0.25) is 0 Å². The third kappa shape index (κ3) is 3.13. The predicted molar refractivity (Wildman–Crippen MR) is 80.9 cm³/mol. The van der Waals surface area contributed by atoms with Gasteiger partial charge < -0.3 is 10.1 Å². The number of nitrogens with zero attached hydrogens (tertiary/aromatic N) is 2. The van der Waals surface area contributed by atoms with Crippen LogP contribution in [-0.2, 0) is 6.54 Å². The molecule has 0 spiro atoms. The van der Waals surface area contributed by atoms with Crippen LogP contribution in [0.5, 0.6) is 5.75 Å². The van der Waals surface area contributed by atoms with Crippen LogP contribution >= 0.6 is 0 Å². The van der Waals surface area contributed by atoms with Crippen molar-refractivity contribution in [3.63, 3.8) is 0 Å². The molecule has 0 unspecified atom stereocenters. The summed E-state index contributed by atoms with van der Waals surface area (Å²) in [7, 11) is 1.58. The van der Waals surface area contributed by atoms with Crippen LogP contribution in [0, 0.1) is 29.6 Å². The Morgan fingerprint density at radius 2 is 1.95 bits per heavy atom. The van der Waals surface area contributed by atoms with Crippen LogP contribution in [0.15, 0.2) is 36.4 Å². The number of methoxy groups -OCH3 is 1. The quantitative estimate of drug-likeness (QED) is 0.930. The third-order valence-corrected chi connectivity index (χ3v) is 3.29. The van der Waals surface area contributed by atoms with Gasteiger partial charge in [0, 0.05) is 6.54 Å². The molecule has 4 nitrogen and oxygen atoms in total. The summed E-state index contributed by atoms with van der Waals surface area (Å²) in [6, 6.07) is 15.2. The number of nitriles is 2. The van der Waals surface area contributed by atoms with E-state index in [0.29, 0.717) is 29.1 Å². The van der Waals surface area contributed by atoms with Crippen LogP contribution in [0.4, 0.5) is 5.69 Å². The first-order valence-corrected chi connectivity index (χ1v) is 6.50. The summed E-state index contributed by atoms with van der Waals surface area (Å²) in [4.78, 5) is 0. The lowest BCUT2D eigenvalue weighted by molar-refractivity contribution is 0.416. The zero-order valence-corrected chi connectivity index (χ0v) is 12.0. The van der Waals surface area contributed by atoms with Gasteiger partial charge in [0.1, 0.15) is 11.8 Å². The molecule has 0 atom stereocenters. The van der Waals surface area contributed by atoms with E-state index in [0.717, 1.165) is 11.1 Å². The highest BCUT2D eigenvalue weighted by Crippen LogP contribution is 2.28. The maximum Gasteiger partial charge on any atom is 0.143 e. The fourth-order valence-corrected chi connectivity index (χ4v) is 2.12. The first kappa shape index (κ1) is 14.4. The van der Waals surface area contributed by atoms with Crippen molar-refractivity contribution in [2.75, 3.05) is 12.4 Å². The highest BCUT2D eigenvalue weighted by molar-refractivity contribution is 5.66. The summed E-state index contributed by atoms with van der Waals surface area (Å²) >= 11 is 0. The Kier molecular flexibility index (Phi) is 4.43. The van der Waals surface area contributed by atoms with Gasteiger partial charge in [0.05, 0.1) is 30.0 Å². The van der Waals surface area contributed by atoms with E-state index >= 15 is 0 Å². The monoisotopic (exact) mass is 277 g/mol. The Morgan fingerprint density at radius 1 is 1.14 bits per heavy atom. The van der Waals surface area contributed by atoms with Crippen LogP contribution in [0.1, 0.15) is 22.3 Å². The Morgan fingerprint density at radius 3 is 2.57 bits per heavy atom. The van der Waals surface area contributed by atoms with E-state index in [1.165, 1.54) is 0 Å². The molecular formula is C17H15N3O. The lowest BCUT2D eigenvalue weighted by Crippen LogP contribution is -2.05. The molecular weight excluding hydrogens is 262 g/mol. The van der Waals surface area contributed by atoms with E-state index < -0.39 is 0 Å². The number of nitrogens with one attached hydrogen (secondary N) is 1. The second-order valence-electron chi connectivity index (χ2n) is 4.60. The first-order valence-electron chi connectivity index (χ1n) is 6.50. The Balaban J connectivity index is 2.25. The fourth-order valence-electron chi connectivity index (χ4n) is 2.12. The van der Waals surface area contributed by atoms with E-state index in [-0.39, 0.29) is 0 Å². The number of para-hydroxylation sites is 1. The maximum atomic E-state index is 9.18. The molecule has 2 aromatic carbocycles. The second kappa shape index (κ2) is 6.45. The molecule has 0 aliphatic rings. The minimum absolute atomic E-state index is 0.542. The van der Waals surface area contributed by atoms with E-state index in [2.05, 4.69) is 17.5 Å². The molecule has 104 valence electrons. The Hall–Kier alpha value is -2.98. The molecule has 0 amide bonds. The molecule has 0 fully saturated rings. The van der Waals surface area contributed by atoms with Crippen molar-refractivity contribution in [2.24, 2.45) is 0 Å². The highest BCUT2D eigenvalue weighted by atomic mass is 16.5. The molecule has 0 aliphatic heterocycles. The van der Waals surface area contributed by atoms with Gasteiger partial charge in [0.25, 0.3) is 0 Å². The van der Waals surface area contributed by atoms with E-state index in [9.17, 15) is 5.26 Å². The van der Waals surface area contributed by atoms with Crippen LogP contribution in [-0.4, -0.2) is 7.11 Å². The summed E-state index contributed by atoms with van der Waals surface area (Å²) < 4.78 is 5.29. The molecule has 0 bridgehead atoms. The van der Waals surface area contributed by atoms with Crippen LogP contribution < -0.4 is 10.1 Å². The van der Waals surface area contributed by atoms with Gasteiger partial charge >= 0.3 is 0 Å². The maximum absolute atomic E-state index is 9.18. The largest absolute Gasteiger partial charge is 0.495 e. The number of hydrogen-bond acceptors (Lipinski definition) is 4. The Labute approximate surface area is 124 Å². The normalized spacial score (nSPS) is 9.52. The zero-order chi connectivity index (χ0) is 15.2. The fraction of sp³-hybridized carbons (Fsp3) is 0.176. The summed E-state index contributed by atoms with van der Waals surface area (Å²) in [6.07, 6.45) is 0. The number of benzene rings is 2. The molecule has 0 radical (unpaired) electrons. The van der Waals surface area contributed by atoms with Crippen molar-refractivity contribution in [3.05, 3.63) is 58.7 Å². The van der Waals surface area contributed by atoms with Gasteiger partial charge in [-0.1, -0.05) is 12.1 Å². The van der Waals surface area contributed by atoms with Crippen molar-refractivity contribution in [1.82, 2.24) is 0 Å². The van der Waals surface area contributed by atoms with Gasteiger partial charge in [0.15, 0.2) is 0 Å². The van der Waals surface area contributed by atoms with Crippen molar-refractivity contribution in [3.8, 4) is 17.9 Å². The van der Waals surface area contributed by atoms with Gasteiger partial charge in [-0.25, -0.2) is 0 Å². The highest BCUT2D eigenvalue weighted by Gasteiger charge is 2.09. The summed E-state index contributed by atoms with van der Waals surface area (Å²) in [5, 5.41) is 21.3. The standard InChI is InChI=1S/C17H15N3O/c1-12-8-13(9-18)6-7-15(12)11-20-17-14(10-19)4-3-5-16(17)21-2/h3-8,20H,11H2,1-2H3. The third-order valence-electron chi connectivity index (χ3n) is 3.29. The van der Waals surface area contributed by atoms with E-state index in [1.807, 2.05) is 25.1 Å². The first-order chi connectivity index (χ1) is 10.2. The van der Waals surface area contributed by atoms with Crippen molar-refractivity contribution >= 4 is 5.69 Å². The van der Waals surface area contributed by atoms with Crippen molar-refractivity contribution in [1.29, 1.82) is 10.5 Å². The number of hydrogen-bond donors (Lipinski definition) is 1. The van der Waals surface area contributed by atoms with Crippen molar-refractivity contribution in [2.45, 2.75) is 13.5 Å². The number of rotatable bonds is 4. The average molecular weight is 277 g/mol. The molecule has 21 heavy (non-hydrogen) atoms. The van der Waals surface area contributed by atoms with Crippen LogP contribution in [0.2, 0.25) is 0 Å². The molecule has 2 rings (SSSR count). The lowest BCUT2D eigenvalue weighted by Gasteiger charge is -2.14. The molecule has 0 heterocycles. The minimum atomic E-state index is 0.542. The summed E-state index contributed by atoms with van der Waals surface area (Å²) in [6.45, 7) is 2.53. The summed E-state index contributed by atoms with van der Waals surface area (Å²) in [5.74, 6) is 0.639. The number of ether oxygens (including phenoxy) is 1. The molecule has 0 saturated heterocycles. The smallest absolute Gasteiger partial charge is 0.143 e. The number of aryl methyl sites for hydroxylation is 1. The minimum Gasteiger partial charge on any atom is -0.495 e. The van der Waals surface area contributed by atoms with Gasteiger partial charge in [-0.15, -0.1) is 0 Å². The molecule has 2 aromatic rings. The molecule has 0 aliphatic carbocycles. The van der Waals surface area contributed by atoms with Gasteiger partial charge in [-0.05, 0) is 42.3 Å². The lowest BCUT2D eigenvalue weighted by atomic mass is 10.1. The zero-order valence-electron chi connectivity index (χ0n) is 12.0. The van der Waals surface area contributed by atoms with Gasteiger partial charge in [-0.2, -0.15) is 10.5 Å². The SMILES string of the molecule is COc1cccc(C#N)c1NCc1ccc(C#N)cc1C. The van der Waals surface area contributed by atoms with E-state index in [4.69, 9.17) is 10.00 Å². The van der Waals surface area contributed by atoms with Crippen molar-refractivity contribution < 1.29 is 4.74 Å². The van der Waals surface area contributed by atoms with Gasteiger partial charge in [-0.3, -0.25) is 0 Å². The molecule has 0 aromatic heterocycles. The average Bonchev–Trinajstić information content (AvgIpc) is 2.53. The van der Waals surface area contributed by atoms with Crippen LogP contribution in [0.25, 0.3) is 0 Å². The molecule has 0 saturated carbocycles. The topological polar surface area (TPSA) is 68.8 Å². The predicted octanol–water partition coefficient (Wildman–Crippen LogP) is 3.36. The molecule has 1 N–H and O–H groups in total. The number of anilines is 1. The van der Waals surface area contributed by atoms with E-state index in [1.54, 1.807) is 25.3 Å². The van der Waals surface area contributed by atoms with Crippen LogP contribution in [0.3, 0.4) is 0 Å². The second-order valence-corrected chi connectivity index (χ2v) is 4.60.